The molecule has 0 atom stereocenters. The maximum Gasteiger partial charge on any atom is 0.251 e. The van der Waals surface area contributed by atoms with Gasteiger partial charge in [-0.3, -0.25) is 14.4 Å². The maximum atomic E-state index is 13.0. The average Bonchev–Trinajstić information content (AvgIpc) is 3.04. The Morgan fingerprint density at radius 3 is 2.51 bits per heavy atom. The first-order valence-electron chi connectivity index (χ1n) is 14.2. The molecule has 9 nitrogen and oxygen atoms in total. The second-order valence-electron chi connectivity index (χ2n) is 10.2. The van der Waals surface area contributed by atoms with Gasteiger partial charge in [-0.2, -0.15) is 0 Å². The van der Waals surface area contributed by atoms with E-state index in [0.29, 0.717) is 40.7 Å². The number of fused-ring (bicyclic) bond motifs is 1. The fraction of sp³-hybridized carbons (Fsp3) is 0.235. The van der Waals surface area contributed by atoms with E-state index in [1.54, 1.807) is 56.6 Å². The number of halogens is 2. The molecule has 11 heteroatoms. The second-order valence-corrected chi connectivity index (χ2v) is 10.9. The molecule has 0 aliphatic heterocycles. The topological polar surface area (TPSA) is 110 Å². The number of methoxy groups -OCH3 is 1. The van der Waals surface area contributed by atoms with E-state index < -0.39 is 5.91 Å². The summed E-state index contributed by atoms with van der Waals surface area (Å²) in [7, 11) is 3.18. The van der Waals surface area contributed by atoms with Crippen LogP contribution in [0.2, 0.25) is 10.0 Å². The summed E-state index contributed by atoms with van der Waals surface area (Å²) in [6.07, 6.45) is 3.64. The summed E-state index contributed by atoms with van der Waals surface area (Å²) in [6, 6.07) is 19.7. The summed E-state index contributed by atoms with van der Waals surface area (Å²) in [5, 5.41) is 7.01. The van der Waals surface area contributed by atoms with Crippen molar-refractivity contribution < 1.29 is 23.9 Å². The molecule has 0 saturated heterocycles. The van der Waals surface area contributed by atoms with E-state index >= 15 is 0 Å². The molecule has 2 N–H and O–H groups in total. The van der Waals surface area contributed by atoms with Crippen LogP contribution < -0.4 is 20.3 Å². The molecule has 0 unspecified atom stereocenters. The van der Waals surface area contributed by atoms with Gasteiger partial charge < -0.3 is 25.0 Å². The summed E-state index contributed by atoms with van der Waals surface area (Å²) in [5.41, 5.74) is 3.77. The van der Waals surface area contributed by atoms with Crippen molar-refractivity contribution in [3.8, 4) is 5.75 Å². The van der Waals surface area contributed by atoms with Gasteiger partial charge in [-0.15, -0.1) is 0 Å². The van der Waals surface area contributed by atoms with Crippen molar-refractivity contribution in [3.63, 3.8) is 0 Å². The van der Waals surface area contributed by atoms with E-state index in [9.17, 15) is 14.4 Å². The molecule has 0 aliphatic carbocycles. The van der Waals surface area contributed by atoms with Crippen LogP contribution in [-0.2, 0) is 20.9 Å². The monoisotopic (exact) mass is 648 g/mol. The lowest BCUT2D eigenvalue weighted by molar-refractivity contribution is -0.122. The Hall–Kier alpha value is -4.44. The highest BCUT2D eigenvalue weighted by Crippen LogP contribution is 2.35. The number of benzene rings is 3. The number of carbonyl (C=O) groups is 3. The zero-order valence-corrected chi connectivity index (χ0v) is 26.7. The first-order valence-corrected chi connectivity index (χ1v) is 15.0. The van der Waals surface area contributed by atoms with Crippen molar-refractivity contribution in [2.75, 3.05) is 38.8 Å². The largest absolute Gasteiger partial charge is 0.487 e. The number of aryl methyl sites for hydroxylation is 1. The van der Waals surface area contributed by atoms with Crippen molar-refractivity contribution in [3.05, 3.63) is 105 Å². The number of pyridine rings is 1. The molecule has 0 fully saturated rings. The van der Waals surface area contributed by atoms with Crippen molar-refractivity contribution in [1.29, 1.82) is 0 Å². The summed E-state index contributed by atoms with van der Waals surface area (Å²) >= 11 is 13.2. The van der Waals surface area contributed by atoms with Crippen LogP contribution in [0.15, 0.2) is 72.8 Å². The molecule has 0 aliphatic rings. The molecule has 3 amide bonds. The van der Waals surface area contributed by atoms with E-state index in [1.165, 1.54) is 11.0 Å². The van der Waals surface area contributed by atoms with Crippen LogP contribution in [0, 0.1) is 6.92 Å². The van der Waals surface area contributed by atoms with Crippen molar-refractivity contribution >= 4 is 63.6 Å². The number of likely N-dealkylation sites (N-methyl/N-ethyl adjacent to an activating group) is 1. The summed E-state index contributed by atoms with van der Waals surface area (Å²) in [5.74, 6) is -0.432. The molecular weight excluding hydrogens is 615 g/mol. The Morgan fingerprint density at radius 2 is 1.76 bits per heavy atom. The predicted octanol–water partition coefficient (Wildman–Crippen LogP) is 5.99. The van der Waals surface area contributed by atoms with Gasteiger partial charge in [0.2, 0.25) is 11.8 Å². The minimum atomic E-state index is -0.452. The Labute approximate surface area is 272 Å². The normalized spacial score (nSPS) is 11.0. The SMILES string of the molecule is COCCCNC(=O)c1ccc(/C=C/C(=O)NCC(=O)N(C)c2ccc(Cl)c(COc3cccc4ccc(C)nc34)c2Cl)cc1. The van der Waals surface area contributed by atoms with Crippen molar-refractivity contribution in [1.82, 2.24) is 15.6 Å². The van der Waals surface area contributed by atoms with Gasteiger partial charge in [0, 0.05) is 60.6 Å². The number of amides is 3. The van der Waals surface area contributed by atoms with Gasteiger partial charge in [-0.1, -0.05) is 53.5 Å². The lowest BCUT2D eigenvalue weighted by Crippen LogP contribution is -2.37. The molecular formula is C34H34Cl2N4O5. The van der Waals surface area contributed by atoms with E-state index in [2.05, 4.69) is 15.6 Å². The Bertz CT molecular complexity index is 1710. The van der Waals surface area contributed by atoms with E-state index in [0.717, 1.165) is 28.6 Å². The standard InChI is InChI=1S/C34H34Cl2N4O5/c1-22-8-12-24-6-4-7-29(33(24)39-22)45-21-26-27(35)15-16-28(32(26)36)40(2)31(42)20-38-30(41)17-11-23-9-13-25(14-10-23)34(43)37-18-5-19-44-3/h4,6-17H,5,18-21H2,1-3H3,(H,37,43)(H,38,41)/b17-11+. The van der Waals surface area contributed by atoms with Crippen LogP contribution >= 0.6 is 23.2 Å². The third-order valence-electron chi connectivity index (χ3n) is 6.92. The van der Waals surface area contributed by atoms with Gasteiger partial charge in [0.05, 0.1) is 17.3 Å². The lowest BCUT2D eigenvalue weighted by atomic mass is 10.1. The first-order chi connectivity index (χ1) is 21.7. The minimum absolute atomic E-state index is 0.0594. The van der Waals surface area contributed by atoms with Crippen LogP contribution in [0.1, 0.15) is 33.6 Å². The van der Waals surface area contributed by atoms with Crippen molar-refractivity contribution in [2.45, 2.75) is 20.0 Å². The molecule has 1 heterocycles. The molecule has 0 bridgehead atoms. The van der Waals surface area contributed by atoms with Crippen LogP contribution in [0.3, 0.4) is 0 Å². The van der Waals surface area contributed by atoms with Gasteiger partial charge in [0.15, 0.2) is 0 Å². The quantitative estimate of drug-likeness (QED) is 0.136. The molecule has 0 radical (unpaired) electrons. The maximum absolute atomic E-state index is 13.0. The molecule has 1 aromatic heterocycles. The van der Waals surface area contributed by atoms with Crippen LogP contribution in [0.25, 0.3) is 17.0 Å². The van der Waals surface area contributed by atoms with E-state index in [1.807, 2.05) is 37.3 Å². The lowest BCUT2D eigenvalue weighted by Gasteiger charge is -2.21. The number of hydrogen-bond acceptors (Lipinski definition) is 6. The number of carbonyl (C=O) groups excluding carboxylic acids is 3. The highest BCUT2D eigenvalue weighted by molar-refractivity contribution is 6.38. The number of ether oxygens (including phenoxy) is 2. The smallest absolute Gasteiger partial charge is 0.251 e. The number of rotatable bonds is 13. The Kier molecular flexibility index (Phi) is 11.9. The molecule has 4 aromatic rings. The molecule has 3 aromatic carbocycles. The number of nitrogens with one attached hydrogen (secondary N) is 2. The van der Waals surface area contributed by atoms with E-state index in [-0.39, 0.29) is 30.0 Å². The van der Waals surface area contributed by atoms with Crippen molar-refractivity contribution in [2.24, 2.45) is 0 Å². The molecule has 234 valence electrons. The number of hydrogen-bond donors (Lipinski definition) is 2. The summed E-state index contributed by atoms with van der Waals surface area (Å²) < 4.78 is 11.0. The minimum Gasteiger partial charge on any atom is -0.487 e. The zero-order chi connectivity index (χ0) is 32.3. The summed E-state index contributed by atoms with van der Waals surface area (Å²) in [6.45, 7) is 2.81. The Morgan fingerprint density at radius 1 is 0.978 bits per heavy atom. The number of para-hydroxylation sites is 1. The molecule has 45 heavy (non-hydrogen) atoms. The first kappa shape index (κ1) is 33.5. The predicted molar refractivity (Wildman–Crippen MR) is 178 cm³/mol. The average molecular weight is 650 g/mol. The number of nitrogens with zero attached hydrogens (tertiary/aromatic N) is 2. The van der Waals surface area contributed by atoms with Gasteiger partial charge >= 0.3 is 0 Å². The van der Waals surface area contributed by atoms with Gasteiger partial charge in [-0.05, 0) is 61.4 Å². The third kappa shape index (κ3) is 9.04. The Balaban J connectivity index is 1.32. The van der Waals surface area contributed by atoms with Gasteiger partial charge in [-0.25, -0.2) is 4.98 Å². The fourth-order valence-electron chi connectivity index (χ4n) is 4.37. The van der Waals surface area contributed by atoms with E-state index in [4.69, 9.17) is 32.7 Å². The number of aromatic nitrogens is 1. The fourth-order valence-corrected chi connectivity index (χ4v) is 4.98. The second kappa shape index (κ2) is 16.0. The third-order valence-corrected chi connectivity index (χ3v) is 7.70. The van der Waals surface area contributed by atoms with Crippen LogP contribution in [-0.4, -0.2) is 56.6 Å². The molecule has 4 rings (SSSR count). The molecule has 0 saturated carbocycles. The van der Waals surface area contributed by atoms with Crippen LogP contribution in [0.5, 0.6) is 5.75 Å². The number of anilines is 1. The molecule has 0 spiro atoms. The van der Waals surface area contributed by atoms with Gasteiger partial charge in [0.1, 0.15) is 17.9 Å². The zero-order valence-electron chi connectivity index (χ0n) is 25.2. The summed E-state index contributed by atoms with van der Waals surface area (Å²) in [4.78, 5) is 43.5. The van der Waals surface area contributed by atoms with Crippen LogP contribution in [0.4, 0.5) is 5.69 Å². The van der Waals surface area contributed by atoms with Gasteiger partial charge in [0.25, 0.3) is 5.91 Å². The highest BCUT2D eigenvalue weighted by atomic mass is 35.5. The highest BCUT2D eigenvalue weighted by Gasteiger charge is 2.19.